The van der Waals surface area contributed by atoms with Gasteiger partial charge in [-0.05, 0) is 23.9 Å². The van der Waals surface area contributed by atoms with Gasteiger partial charge < -0.3 is 19.7 Å². The molecule has 0 radical (unpaired) electrons. The van der Waals surface area contributed by atoms with Gasteiger partial charge in [0.2, 0.25) is 0 Å². The number of carbonyl (C=O) groups is 2. The van der Waals surface area contributed by atoms with Crippen LogP contribution in [0.1, 0.15) is 36.2 Å². The lowest BCUT2D eigenvalue weighted by Crippen LogP contribution is -2.49. The van der Waals surface area contributed by atoms with Crippen molar-refractivity contribution in [3.8, 4) is 5.75 Å². The molecule has 2 aliphatic heterocycles. The van der Waals surface area contributed by atoms with Gasteiger partial charge in [-0.25, -0.2) is 9.80 Å². The molecule has 1 aromatic carbocycles. The fourth-order valence-corrected chi connectivity index (χ4v) is 5.16. The molecule has 0 bridgehead atoms. The van der Waals surface area contributed by atoms with Crippen molar-refractivity contribution in [1.29, 1.82) is 0 Å². The molecule has 1 aromatic heterocycles. The number of urea groups is 1. The zero-order valence-electron chi connectivity index (χ0n) is 21.0. The van der Waals surface area contributed by atoms with Gasteiger partial charge in [-0.1, -0.05) is 31.2 Å². The quantitative estimate of drug-likeness (QED) is 0.527. The fraction of sp³-hybridized carbons (Fsp3) is 0.500. The zero-order chi connectivity index (χ0) is 25.3. The lowest BCUT2D eigenvalue weighted by molar-refractivity contribution is -0.133. The Balaban J connectivity index is 1.54. The van der Waals surface area contributed by atoms with Crippen LogP contribution >= 0.6 is 11.3 Å². The molecule has 0 spiro atoms. The fourth-order valence-electron chi connectivity index (χ4n) is 4.43. The van der Waals surface area contributed by atoms with Gasteiger partial charge >= 0.3 is 6.03 Å². The predicted molar refractivity (Wildman–Crippen MR) is 141 cm³/mol. The van der Waals surface area contributed by atoms with Crippen LogP contribution < -0.4 is 10.1 Å². The minimum atomic E-state index is -0.300. The number of carbonyl (C=O) groups excluding carboxylic acids is 2. The van der Waals surface area contributed by atoms with E-state index in [0.717, 1.165) is 35.7 Å². The summed E-state index contributed by atoms with van der Waals surface area (Å²) in [4.78, 5) is 31.6. The Bertz CT molecular complexity index is 1040. The van der Waals surface area contributed by atoms with Crippen LogP contribution in [0.4, 0.5) is 4.79 Å². The highest BCUT2D eigenvalue weighted by Gasteiger charge is 2.36. The first-order chi connectivity index (χ1) is 17.6. The van der Waals surface area contributed by atoms with Gasteiger partial charge in [0.1, 0.15) is 12.3 Å². The summed E-state index contributed by atoms with van der Waals surface area (Å²) in [6, 6.07) is 11.2. The molecule has 3 heterocycles. The summed E-state index contributed by atoms with van der Waals surface area (Å²) in [7, 11) is 1.63. The first-order valence-corrected chi connectivity index (χ1v) is 13.4. The Labute approximate surface area is 216 Å². The summed E-state index contributed by atoms with van der Waals surface area (Å²) < 4.78 is 11.0. The molecule has 2 aromatic rings. The number of hydrazone groups is 1. The number of rotatable bonds is 10. The summed E-state index contributed by atoms with van der Waals surface area (Å²) >= 11 is 1.60. The minimum absolute atomic E-state index is 0.0489. The smallest absolute Gasteiger partial charge is 0.317 e. The first kappa shape index (κ1) is 26.1. The number of methoxy groups -OCH3 is 1. The molecular formula is C26H35N5O4S. The number of nitrogens with zero attached hydrogens (tertiary/aromatic N) is 4. The second-order valence-electron chi connectivity index (χ2n) is 8.83. The van der Waals surface area contributed by atoms with E-state index < -0.39 is 0 Å². The molecule has 3 amide bonds. The highest BCUT2D eigenvalue weighted by Crippen LogP contribution is 2.38. The third-order valence-electron chi connectivity index (χ3n) is 6.40. The van der Waals surface area contributed by atoms with Crippen LogP contribution in [-0.2, 0) is 9.53 Å². The summed E-state index contributed by atoms with van der Waals surface area (Å²) in [5, 5.41) is 11.2. The van der Waals surface area contributed by atoms with Crippen LogP contribution in [0.5, 0.6) is 5.75 Å². The van der Waals surface area contributed by atoms with Crippen LogP contribution in [0, 0.1) is 0 Å². The molecule has 36 heavy (non-hydrogen) atoms. The van der Waals surface area contributed by atoms with Crippen molar-refractivity contribution < 1.29 is 19.1 Å². The Morgan fingerprint density at radius 1 is 1.22 bits per heavy atom. The van der Waals surface area contributed by atoms with E-state index in [-0.39, 0.29) is 24.5 Å². The number of nitrogens with one attached hydrogen (secondary N) is 1. The lowest BCUT2D eigenvalue weighted by Gasteiger charge is -2.31. The van der Waals surface area contributed by atoms with Crippen molar-refractivity contribution in [3.63, 3.8) is 0 Å². The minimum Gasteiger partial charge on any atom is -0.496 e. The van der Waals surface area contributed by atoms with Crippen LogP contribution in [-0.4, -0.2) is 92.1 Å². The van der Waals surface area contributed by atoms with Crippen molar-refractivity contribution in [2.45, 2.75) is 25.8 Å². The van der Waals surface area contributed by atoms with Crippen LogP contribution in [0.25, 0.3) is 0 Å². The molecule has 1 N–H and O–H groups in total. The first-order valence-electron chi connectivity index (χ1n) is 12.5. The number of hydrogen-bond acceptors (Lipinski definition) is 7. The number of ether oxygens (including phenoxy) is 2. The van der Waals surface area contributed by atoms with Gasteiger partial charge in [-0.3, -0.25) is 9.69 Å². The van der Waals surface area contributed by atoms with Crippen molar-refractivity contribution in [2.24, 2.45) is 5.10 Å². The zero-order valence-corrected chi connectivity index (χ0v) is 21.8. The number of amides is 3. The second kappa shape index (κ2) is 12.8. The average molecular weight is 514 g/mol. The highest BCUT2D eigenvalue weighted by atomic mass is 32.1. The van der Waals surface area contributed by atoms with Crippen LogP contribution in [0.3, 0.4) is 0 Å². The third kappa shape index (κ3) is 6.43. The van der Waals surface area contributed by atoms with Crippen LogP contribution in [0.2, 0.25) is 0 Å². The Hall–Kier alpha value is -2.95. The highest BCUT2D eigenvalue weighted by molar-refractivity contribution is 7.12. The van der Waals surface area contributed by atoms with E-state index in [1.54, 1.807) is 28.4 Å². The van der Waals surface area contributed by atoms with E-state index in [4.69, 9.17) is 14.6 Å². The third-order valence-corrected chi connectivity index (χ3v) is 7.32. The maximum Gasteiger partial charge on any atom is 0.317 e. The molecule has 1 unspecified atom stereocenters. The molecule has 0 aliphatic carbocycles. The maximum atomic E-state index is 13.7. The van der Waals surface area contributed by atoms with Crippen molar-refractivity contribution in [2.75, 3.05) is 59.6 Å². The molecule has 10 heteroatoms. The van der Waals surface area contributed by atoms with E-state index in [2.05, 4.69) is 10.2 Å². The molecule has 9 nitrogen and oxygen atoms in total. The number of benzene rings is 1. The average Bonchev–Trinajstić information content (AvgIpc) is 3.60. The Morgan fingerprint density at radius 2 is 2.03 bits per heavy atom. The van der Waals surface area contributed by atoms with Gasteiger partial charge in [0, 0.05) is 44.7 Å². The molecule has 1 atom stereocenters. The monoisotopic (exact) mass is 513 g/mol. The SMILES string of the molecule is CCCNC(=O)N(CCN1CCOCC1)CC(=O)N1N=C(c2cccs2)CC1c1ccccc1OC. The Kier molecular flexibility index (Phi) is 9.32. The molecule has 194 valence electrons. The summed E-state index contributed by atoms with van der Waals surface area (Å²) in [5.74, 6) is 0.499. The van der Waals surface area contributed by atoms with Gasteiger partial charge in [-0.15, -0.1) is 11.3 Å². The topological polar surface area (TPSA) is 86.7 Å². The number of hydrogen-bond donors (Lipinski definition) is 1. The standard InChI is InChI=1S/C26H35N5O4S/c1-3-10-27-26(33)30(12-11-29-13-15-35-16-14-29)19-25(32)31-22(20-7-4-5-8-23(20)34-2)18-21(28-31)24-9-6-17-36-24/h4-9,17,22H,3,10-16,18-19H2,1-2H3,(H,27,33). The largest absolute Gasteiger partial charge is 0.496 e. The normalized spacial score (nSPS) is 18.1. The second-order valence-corrected chi connectivity index (χ2v) is 9.78. The van der Waals surface area contributed by atoms with E-state index in [9.17, 15) is 9.59 Å². The molecule has 1 saturated heterocycles. The number of morpholine rings is 1. The molecule has 4 rings (SSSR count). The molecular weight excluding hydrogens is 478 g/mol. The summed E-state index contributed by atoms with van der Waals surface area (Å²) in [5.41, 5.74) is 1.77. The van der Waals surface area contributed by atoms with E-state index >= 15 is 0 Å². The van der Waals surface area contributed by atoms with Crippen molar-refractivity contribution in [1.82, 2.24) is 20.1 Å². The molecule has 1 fully saturated rings. The molecule has 2 aliphatic rings. The Morgan fingerprint density at radius 3 is 2.75 bits per heavy atom. The van der Waals surface area contributed by atoms with Gasteiger partial charge in [0.15, 0.2) is 0 Å². The van der Waals surface area contributed by atoms with Gasteiger partial charge in [-0.2, -0.15) is 5.10 Å². The van der Waals surface area contributed by atoms with Gasteiger partial charge in [0.05, 0.1) is 37.0 Å². The lowest BCUT2D eigenvalue weighted by atomic mass is 10.00. The van der Waals surface area contributed by atoms with Gasteiger partial charge in [0.25, 0.3) is 5.91 Å². The van der Waals surface area contributed by atoms with Crippen molar-refractivity contribution in [3.05, 3.63) is 52.2 Å². The van der Waals surface area contributed by atoms with E-state index in [1.165, 1.54) is 0 Å². The maximum absolute atomic E-state index is 13.7. The predicted octanol–water partition coefficient (Wildman–Crippen LogP) is 3.19. The number of para-hydroxylation sites is 1. The van der Waals surface area contributed by atoms with E-state index in [1.807, 2.05) is 48.7 Å². The van der Waals surface area contributed by atoms with Crippen LogP contribution in [0.15, 0.2) is 46.9 Å². The summed E-state index contributed by atoms with van der Waals surface area (Å²) in [6.45, 7) is 6.70. The number of thiophene rings is 1. The summed E-state index contributed by atoms with van der Waals surface area (Å²) in [6.07, 6.45) is 1.41. The molecule has 0 saturated carbocycles. The van der Waals surface area contributed by atoms with E-state index in [0.29, 0.717) is 45.0 Å². The van der Waals surface area contributed by atoms with Crippen molar-refractivity contribution >= 4 is 29.0 Å².